The van der Waals surface area contributed by atoms with E-state index in [9.17, 15) is 0 Å². The van der Waals surface area contributed by atoms with E-state index >= 15 is 0 Å². The van der Waals surface area contributed by atoms with E-state index in [1.54, 1.807) is 0 Å². The third kappa shape index (κ3) is 5.32. The molecule has 1 heteroatoms. The van der Waals surface area contributed by atoms with Gasteiger partial charge in [0.05, 0.1) is 0 Å². The number of nitrogens with zero attached hydrogens (tertiary/aromatic N) is 1. The van der Waals surface area contributed by atoms with E-state index in [-0.39, 0.29) is 5.41 Å². The Balaban J connectivity index is 1.07. The van der Waals surface area contributed by atoms with Gasteiger partial charge in [0.25, 0.3) is 0 Å². The van der Waals surface area contributed by atoms with E-state index in [0.717, 1.165) is 17.1 Å². The van der Waals surface area contributed by atoms with E-state index < -0.39 is 0 Å². The highest BCUT2D eigenvalue weighted by Gasteiger charge is 2.35. The summed E-state index contributed by atoms with van der Waals surface area (Å²) in [5.74, 6) is 0. The van der Waals surface area contributed by atoms with Gasteiger partial charge in [0, 0.05) is 22.5 Å². The highest BCUT2D eigenvalue weighted by molar-refractivity contribution is 6.00. The minimum Gasteiger partial charge on any atom is -0.310 e. The molecule has 54 heavy (non-hydrogen) atoms. The summed E-state index contributed by atoms with van der Waals surface area (Å²) in [6.45, 7) is 4.71. The molecule has 1 aliphatic rings. The summed E-state index contributed by atoms with van der Waals surface area (Å²) in [6, 6.07) is 73.4. The smallest absolute Gasteiger partial charge is 0.0465 e. The van der Waals surface area contributed by atoms with Crippen molar-refractivity contribution in [1.29, 1.82) is 0 Å². The predicted octanol–water partition coefficient (Wildman–Crippen LogP) is 14.8. The van der Waals surface area contributed by atoms with Crippen LogP contribution in [0.25, 0.3) is 66.1 Å². The van der Waals surface area contributed by atoms with Crippen molar-refractivity contribution < 1.29 is 0 Å². The van der Waals surface area contributed by atoms with Crippen LogP contribution in [0, 0.1) is 0 Å². The molecule has 10 rings (SSSR count). The molecule has 0 bridgehead atoms. The van der Waals surface area contributed by atoms with Crippen LogP contribution in [-0.4, -0.2) is 0 Å². The first-order chi connectivity index (χ1) is 26.5. The van der Waals surface area contributed by atoms with Crippen LogP contribution in [0.15, 0.2) is 200 Å². The fraction of sp³-hybridized carbons (Fsp3) is 0.0566. The Kier molecular flexibility index (Phi) is 7.56. The van der Waals surface area contributed by atoms with Gasteiger partial charge in [-0.1, -0.05) is 172 Å². The molecular weight excluding hydrogens is 651 g/mol. The lowest BCUT2D eigenvalue weighted by Crippen LogP contribution is -2.16. The first kappa shape index (κ1) is 32.0. The van der Waals surface area contributed by atoms with Crippen LogP contribution in [-0.2, 0) is 5.41 Å². The fourth-order valence-electron chi connectivity index (χ4n) is 8.68. The SMILES string of the molecule is CC1(C)c2ccccc2-c2ccc(N(c3ccc(-c4cccc5ccccc45)cc3)c3ccc(-c4cccc5cc(-c6ccccc6)ccc45)cc3)cc21. The summed E-state index contributed by atoms with van der Waals surface area (Å²) in [5, 5.41) is 5.02. The van der Waals surface area contributed by atoms with Gasteiger partial charge in [0.15, 0.2) is 0 Å². The van der Waals surface area contributed by atoms with E-state index in [0.29, 0.717) is 0 Å². The van der Waals surface area contributed by atoms with Gasteiger partial charge in [-0.2, -0.15) is 0 Å². The Hall–Kier alpha value is -6.70. The van der Waals surface area contributed by atoms with Gasteiger partial charge in [-0.3, -0.25) is 0 Å². The molecule has 0 saturated heterocycles. The third-order valence-electron chi connectivity index (χ3n) is 11.5. The molecule has 9 aromatic rings. The lowest BCUT2D eigenvalue weighted by Gasteiger charge is -2.28. The Bertz CT molecular complexity index is 2820. The van der Waals surface area contributed by atoms with Crippen LogP contribution in [0.2, 0.25) is 0 Å². The van der Waals surface area contributed by atoms with Crippen molar-refractivity contribution in [3.05, 3.63) is 211 Å². The Morgan fingerprint density at radius 2 is 0.833 bits per heavy atom. The van der Waals surface area contributed by atoms with Crippen molar-refractivity contribution in [2.75, 3.05) is 4.90 Å². The number of anilines is 3. The lowest BCUT2D eigenvalue weighted by atomic mass is 9.82. The van der Waals surface area contributed by atoms with Crippen LogP contribution in [0.3, 0.4) is 0 Å². The van der Waals surface area contributed by atoms with Crippen LogP contribution in [0.1, 0.15) is 25.0 Å². The Labute approximate surface area is 317 Å². The van der Waals surface area contributed by atoms with Gasteiger partial charge >= 0.3 is 0 Å². The summed E-state index contributed by atoms with van der Waals surface area (Å²) >= 11 is 0. The molecular formula is C53H39N. The number of benzene rings is 9. The topological polar surface area (TPSA) is 3.24 Å². The molecule has 1 nitrogen and oxygen atoms in total. The monoisotopic (exact) mass is 689 g/mol. The lowest BCUT2D eigenvalue weighted by molar-refractivity contribution is 0.660. The maximum absolute atomic E-state index is 2.41. The average Bonchev–Trinajstić information content (AvgIpc) is 3.46. The summed E-state index contributed by atoms with van der Waals surface area (Å²) in [7, 11) is 0. The van der Waals surface area contributed by atoms with Crippen molar-refractivity contribution in [2.45, 2.75) is 19.3 Å². The minimum atomic E-state index is -0.0928. The van der Waals surface area contributed by atoms with Gasteiger partial charge in [0.1, 0.15) is 0 Å². The summed E-state index contributed by atoms with van der Waals surface area (Å²) in [6.07, 6.45) is 0. The molecule has 0 aromatic heterocycles. The molecule has 0 fully saturated rings. The zero-order valence-corrected chi connectivity index (χ0v) is 30.5. The first-order valence-electron chi connectivity index (χ1n) is 18.8. The average molecular weight is 690 g/mol. The number of hydrogen-bond acceptors (Lipinski definition) is 1. The maximum atomic E-state index is 2.41. The molecule has 0 spiro atoms. The van der Waals surface area contributed by atoms with Crippen LogP contribution in [0.4, 0.5) is 17.1 Å². The van der Waals surface area contributed by atoms with Crippen molar-refractivity contribution in [2.24, 2.45) is 0 Å². The maximum Gasteiger partial charge on any atom is 0.0465 e. The van der Waals surface area contributed by atoms with E-state index in [2.05, 4.69) is 219 Å². The molecule has 0 amide bonds. The van der Waals surface area contributed by atoms with Crippen molar-refractivity contribution in [3.63, 3.8) is 0 Å². The quantitative estimate of drug-likeness (QED) is 0.168. The summed E-state index contributed by atoms with van der Waals surface area (Å²) in [5.41, 5.74) is 16.1. The summed E-state index contributed by atoms with van der Waals surface area (Å²) in [4.78, 5) is 2.41. The van der Waals surface area contributed by atoms with E-state index in [1.165, 1.54) is 77.2 Å². The van der Waals surface area contributed by atoms with E-state index in [4.69, 9.17) is 0 Å². The van der Waals surface area contributed by atoms with Gasteiger partial charge in [-0.15, -0.1) is 0 Å². The second-order valence-electron chi connectivity index (χ2n) is 15.0. The number of rotatable bonds is 6. The molecule has 9 aromatic carbocycles. The zero-order valence-electron chi connectivity index (χ0n) is 30.5. The molecule has 0 N–H and O–H groups in total. The standard InChI is InChI=1S/C53H39N/c1-53(2)51-21-9-8-18-49(51)50-33-31-44(35-52(50)53)54(42-27-22-38(23-28-42)46-19-10-15-37-14-6-7-17-45(37)46)43-29-24-39(25-30-43)47-20-11-16-41-34-40(26-32-48(41)47)36-12-4-3-5-13-36/h3-35H,1-2H3. The Morgan fingerprint density at radius 1 is 0.315 bits per heavy atom. The molecule has 0 heterocycles. The Morgan fingerprint density at radius 3 is 1.56 bits per heavy atom. The number of hydrogen-bond donors (Lipinski definition) is 0. The highest BCUT2D eigenvalue weighted by Crippen LogP contribution is 2.50. The van der Waals surface area contributed by atoms with Gasteiger partial charge in [-0.25, -0.2) is 0 Å². The van der Waals surface area contributed by atoms with Crippen molar-refractivity contribution in [3.8, 4) is 44.5 Å². The first-order valence-corrected chi connectivity index (χ1v) is 18.8. The summed E-state index contributed by atoms with van der Waals surface area (Å²) < 4.78 is 0. The molecule has 0 aliphatic heterocycles. The molecule has 0 unspecified atom stereocenters. The third-order valence-corrected chi connectivity index (χ3v) is 11.5. The molecule has 1 aliphatic carbocycles. The number of fused-ring (bicyclic) bond motifs is 5. The van der Waals surface area contributed by atoms with Crippen LogP contribution in [0.5, 0.6) is 0 Å². The van der Waals surface area contributed by atoms with Crippen LogP contribution < -0.4 is 4.90 Å². The van der Waals surface area contributed by atoms with Crippen molar-refractivity contribution >= 4 is 38.6 Å². The normalized spacial score (nSPS) is 12.8. The van der Waals surface area contributed by atoms with Gasteiger partial charge in [0.2, 0.25) is 0 Å². The second kappa shape index (κ2) is 12.8. The molecule has 0 atom stereocenters. The second-order valence-corrected chi connectivity index (χ2v) is 15.0. The molecule has 256 valence electrons. The van der Waals surface area contributed by atoms with Gasteiger partial charge in [-0.05, 0) is 120 Å². The van der Waals surface area contributed by atoms with Gasteiger partial charge < -0.3 is 4.90 Å². The van der Waals surface area contributed by atoms with Crippen molar-refractivity contribution in [1.82, 2.24) is 0 Å². The molecule has 0 radical (unpaired) electrons. The van der Waals surface area contributed by atoms with Crippen LogP contribution >= 0.6 is 0 Å². The zero-order chi connectivity index (χ0) is 36.2. The predicted molar refractivity (Wildman–Crippen MR) is 230 cm³/mol. The van der Waals surface area contributed by atoms with E-state index in [1.807, 2.05) is 0 Å². The minimum absolute atomic E-state index is 0.0928. The molecule has 0 saturated carbocycles. The highest BCUT2D eigenvalue weighted by atomic mass is 15.1. The largest absolute Gasteiger partial charge is 0.310 e. The fourth-order valence-corrected chi connectivity index (χ4v) is 8.68.